The van der Waals surface area contributed by atoms with Gasteiger partial charge in [-0.15, -0.1) is 11.3 Å². The Morgan fingerprint density at radius 2 is 2.19 bits per heavy atom. The number of hydrogen-bond donors (Lipinski definition) is 2. The summed E-state index contributed by atoms with van der Waals surface area (Å²) in [5.74, 6) is -0.830. The molecule has 2 N–H and O–H groups in total. The largest absolute Gasteiger partial charge is 0.477 e. The minimum absolute atomic E-state index is 0.458. The molecule has 0 atom stereocenters. The molecule has 4 nitrogen and oxygen atoms in total. The average Bonchev–Trinajstić information content (AvgIpc) is 3.25. The second-order valence-electron chi connectivity index (χ2n) is 5.60. The molecule has 0 amide bonds. The lowest BCUT2D eigenvalue weighted by Crippen LogP contribution is -2.30. The third kappa shape index (κ3) is 3.26. The molecular weight excluding hydrogens is 284 g/mol. The molecule has 2 aromatic rings. The number of rotatable bonds is 7. The fourth-order valence-electron chi connectivity index (χ4n) is 2.61. The lowest BCUT2D eigenvalue weighted by atomic mass is 10.1. The van der Waals surface area contributed by atoms with Gasteiger partial charge in [-0.1, -0.05) is 18.2 Å². The fraction of sp³-hybridized carbons (Fsp3) is 0.438. The number of aromatic carboxylic acids is 1. The van der Waals surface area contributed by atoms with Gasteiger partial charge in [0.15, 0.2) is 0 Å². The first-order valence-corrected chi connectivity index (χ1v) is 8.13. The molecule has 21 heavy (non-hydrogen) atoms. The molecule has 0 radical (unpaired) electrons. The third-order valence-corrected chi connectivity index (χ3v) is 5.21. The monoisotopic (exact) mass is 304 g/mol. The zero-order valence-electron chi connectivity index (χ0n) is 12.1. The van der Waals surface area contributed by atoms with E-state index in [4.69, 9.17) is 0 Å². The van der Waals surface area contributed by atoms with Gasteiger partial charge < -0.3 is 15.3 Å². The first-order valence-electron chi connectivity index (χ1n) is 7.31. The second-order valence-corrected chi connectivity index (χ2v) is 6.65. The number of nitrogens with one attached hydrogen (secondary N) is 1. The van der Waals surface area contributed by atoms with E-state index in [1.54, 1.807) is 0 Å². The first kappa shape index (κ1) is 14.5. The Labute approximate surface area is 128 Å². The summed E-state index contributed by atoms with van der Waals surface area (Å²) in [5, 5.41) is 13.8. The summed E-state index contributed by atoms with van der Waals surface area (Å²) in [7, 11) is 2.15. The first-order chi connectivity index (χ1) is 10.2. The Balaban J connectivity index is 1.67. The van der Waals surface area contributed by atoms with E-state index >= 15 is 0 Å². The number of benzene rings is 1. The number of carboxylic acids is 1. The van der Waals surface area contributed by atoms with Crippen molar-refractivity contribution in [2.45, 2.75) is 25.4 Å². The van der Waals surface area contributed by atoms with Crippen LogP contribution >= 0.6 is 11.3 Å². The van der Waals surface area contributed by atoms with Crippen LogP contribution in [0.3, 0.4) is 0 Å². The zero-order valence-corrected chi connectivity index (χ0v) is 12.9. The number of fused-ring (bicyclic) bond motifs is 1. The minimum atomic E-state index is -0.830. The summed E-state index contributed by atoms with van der Waals surface area (Å²) >= 11 is 1.36. The third-order valence-electron chi connectivity index (χ3n) is 4.01. The van der Waals surface area contributed by atoms with Crippen LogP contribution in [0.15, 0.2) is 24.3 Å². The summed E-state index contributed by atoms with van der Waals surface area (Å²) in [6.07, 6.45) is 2.63. The van der Waals surface area contributed by atoms with Gasteiger partial charge in [-0.25, -0.2) is 4.79 Å². The van der Waals surface area contributed by atoms with Crippen molar-refractivity contribution in [3.63, 3.8) is 0 Å². The van der Waals surface area contributed by atoms with Gasteiger partial charge in [-0.2, -0.15) is 0 Å². The van der Waals surface area contributed by atoms with Crippen LogP contribution in [0.4, 0.5) is 0 Å². The molecule has 1 heterocycles. The quantitative estimate of drug-likeness (QED) is 0.772. The Kier molecular flexibility index (Phi) is 4.24. The molecule has 0 unspecified atom stereocenters. The highest BCUT2D eigenvalue weighted by atomic mass is 32.1. The van der Waals surface area contributed by atoms with Crippen molar-refractivity contribution in [3.8, 4) is 0 Å². The highest BCUT2D eigenvalue weighted by molar-refractivity contribution is 7.21. The molecule has 1 aliphatic rings. The van der Waals surface area contributed by atoms with Crippen LogP contribution < -0.4 is 5.32 Å². The number of carbonyl (C=O) groups is 1. The van der Waals surface area contributed by atoms with Crippen LogP contribution in [0.2, 0.25) is 0 Å². The molecular formula is C16H20N2O2S. The highest BCUT2D eigenvalue weighted by Gasteiger charge is 2.25. The molecule has 5 heteroatoms. The Hall–Kier alpha value is -1.43. The van der Waals surface area contributed by atoms with Gasteiger partial charge in [0.1, 0.15) is 4.88 Å². The second kappa shape index (κ2) is 6.13. The van der Waals surface area contributed by atoms with Crippen LogP contribution in [0, 0.1) is 0 Å². The molecule has 0 spiro atoms. The van der Waals surface area contributed by atoms with Crippen molar-refractivity contribution < 1.29 is 9.90 Å². The predicted molar refractivity (Wildman–Crippen MR) is 86.1 cm³/mol. The smallest absolute Gasteiger partial charge is 0.346 e. The lowest BCUT2D eigenvalue weighted by molar-refractivity contribution is 0.0701. The van der Waals surface area contributed by atoms with Gasteiger partial charge in [0.25, 0.3) is 0 Å². The maximum atomic E-state index is 11.4. The standard InChI is InChI=1S/C16H20N2O2S/c1-18(11-6-7-11)9-8-17-10-13-12-4-2-3-5-14(12)21-15(13)16(19)20/h2-5,11,17H,6-10H2,1H3,(H,19,20). The number of thiophene rings is 1. The summed E-state index contributed by atoms with van der Waals surface area (Å²) in [6, 6.07) is 8.67. The van der Waals surface area contributed by atoms with E-state index in [9.17, 15) is 9.90 Å². The molecule has 1 saturated carbocycles. The topological polar surface area (TPSA) is 52.6 Å². The van der Waals surface area contributed by atoms with Crippen molar-refractivity contribution in [1.82, 2.24) is 10.2 Å². The van der Waals surface area contributed by atoms with Gasteiger partial charge >= 0.3 is 5.97 Å². The Bertz CT molecular complexity index is 649. The van der Waals surface area contributed by atoms with Gasteiger partial charge in [-0.05, 0) is 36.9 Å². The van der Waals surface area contributed by atoms with Crippen molar-refractivity contribution in [1.29, 1.82) is 0 Å². The Morgan fingerprint density at radius 1 is 1.43 bits per heavy atom. The van der Waals surface area contributed by atoms with Crippen LogP contribution in [-0.4, -0.2) is 42.2 Å². The van der Waals surface area contributed by atoms with Crippen LogP contribution in [0.5, 0.6) is 0 Å². The normalized spacial score (nSPS) is 15.0. The fourth-order valence-corrected chi connectivity index (χ4v) is 3.67. The maximum absolute atomic E-state index is 11.4. The van der Waals surface area contributed by atoms with Crippen LogP contribution in [0.25, 0.3) is 10.1 Å². The lowest BCUT2D eigenvalue weighted by Gasteiger charge is -2.15. The Morgan fingerprint density at radius 3 is 2.90 bits per heavy atom. The minimum Gasteiger partial charge on any atom is -0.477 e. The van der Waals surface area contributed by atoms with Gasteiger partial charge in [-0.3, -0.25) is 0 Å². The molecule has 112 valence electrons. The molecule has 0 bridgehead atoms. The molecule has 0 aliphatic heterocycles. The van der Waals surface area contributed by atoms with Gasteiger partial charge in [0.2, 0.25) is 0 Å². The van der Waals surface area contributed by atoms with E-state index in [1.807, 2.05) is 24.3 Å². The predicted octanol–water partition coefficient (Wildman–Crippen LogP) is 2.78. The summed E-state index contributed by atoms with van der Waals surface area (Å²) in [6.45, 7) is 2.51. The van der Waals surface area contributed by atoms with Crippen LogP contribution in [-0.2, 0) is 6.54 Å². The van der Waals surface area contributed by atoms with E-state index in [0.29, 0.717) is 11.4 Å². The molecule has 1 aromatic carbocycles. The maximum Gasteiger partial charge on any atom is 0.346 e. The van der Waals surface area contributed by atoms with E-state index in [0.717, 1.165) is 34.8 Å². The summed E-state index contributed by atoms with van der Waals surface area (Å²) in [4.78, 5) is 14.2. The van der Waals surface area contributed by atoms with E-state index in [-0.39, 0.29) is 0 Å². The number of carboxylic acid groups (broad SMARTS) is 1. The highest BCUT2D eigenvalue weighted by Crippen LogP contribution is 2.31. The van der Waals surface area contributed by atoms with E-state index in [2.05, 4.69) is 17.3 Å². The molecule has 3 rings (SSSR count). The van der Waals surface area contributed by atoms with Crippen molar-refractivity contribution in [3.05, 3.63) is 34.7 Å². The van der Waals surface area contributed by atoms with Crippen LogP contribution in [0.1, 0.15) is 28.1 Å². The van der Waals surface area contributed by atoms with Crippen molar-refractivity contribution in [2.75, 3.05) is 20.1 Å². The number of hydrogen-bond acceptors (Lipinski definition) is 4. The number of nitrogens with zero attached hydrogens (tertiary/aromatic N) is 1. The SMILES string of the molecule is CN(CCNCc1c(C(=O)O)sc2ccccc12)C1CC1. The zero-order chi connectivity index (χ0) is 14.8. The molecule has 1 aliphatic carbocycles. The summed E-state index contributed by atoms with van der Waals surface area (Å²) < 4.78 is 1.04. The van der Waals surface area contributed by atoms with E-state index < -0.39 is 5.97 Å². The number of likely N-dealkylation sites (N-methyl/N-ethyl adjacent to an activating group) is 1. The van der Waals surface area contributed by atoms with E-state index in [1.165, 1.54) is 24.2 Å². The van der Waals surface area contributed by atoms with Crippen molar-refractivity contribution in [2.24, 2.45) is 0 Å². The molecule has 1 fully saturated rings. The summed E-state index contributed by atoms with van der Waals surface area (Å²) in [5.41, 5.74) is 0.914. The molecule has 1 aromatic heterocycles. The van der Waals surface area contributed by atoms with Gasteiger partial charge in [0, 0.05) is 30.4 Å². The average molecular weight is 304 g/mol. The van der Waals surface area contributed by atoms with Crippen molar-refractivity contribution >= 4 is 27.4 Å². The molecule has 0 saturated heterocycles. The van der Waals surface area contributed by atoms with Gasteiger partial charge in [0.05, 0.1) is 0 Å².